The molecule has 0 atom stereocenters. The summed E-state index contributed by atoms with van der Waals surface area (Å²) < 4.78 is 10.7. The van der Waals surface area contributed by atoms with E-state index < -0.39 is 0 Å². The maximum absolute atomic E-state index is 12.2. The van der Waals surface area contributed by atoms with Crippen LogP contribution in [0.25, 0.3) is 11.1 Å². The lowest BCUT2D eigenvalue weighted by atomic mass is 10.1. The van der Waals surface area contributed by atoms with Crippen molar-refractivity contribution in [3.05, 3.63) is 60.4 Å². The van der Waals surface area contributed by atoms with Crippen molar-refractivity contribution in [1.82, 2.24) is 15.5 Å². The third kappa shape index (κ3) is 3.94. The highest BCUT2D eigenvalue weighted by molar-refractivity contribution is 5.89. The van der Waals surface area contributed by atoms with Crippen molar-refractivity contribution in [2.24, 2.45) is 0 Å². The van der Waals surface area contributed by atoms with Crippen LogP contribution in [-0.2, 0) is 6.54 Å². The second kappa shape index (κ2) is 8.06. The number of aromatic nitrogens is 2. The maximum atomic E-state index is 12.2. The monoisotopic (exact) mass is 352 g/mol. The minimum atomic E-state index is -0.311. The number of hydrogen-bond donors (Lipinski definition) is 3. The Morgan fingerprint density at radius 3 is 2.31 bits per heavy atom. The van der Waals surface area contributed by atoms with Crippen LogP contribution in [0.4, 0.5) is 10.5 Å². The van der Waals surface area contributed by atoms with Gasteiger partial charge in [0.15, 0.2) is 0 Å². The maximum Gasteiger partial charge on any atom is 0.319 e. The van der Waals surface area contributed by atoms with Crippen LogP contribution in [0.3, 0.4) is 0 Å². The number of carbonyl (C=O) groups excluding carboxylic acids is 1. The molecule has 0 fully saturated rings. The van der Waals surface area contributed by atoms with Gasteiger partial charge in [0.05, 0.1) is 32.5 Å². The van der Waals surface area contributed by atoms with E-state index in [1.807, 2.05) is 48.7 Å². The first-order valence-corrected chi connectivity index (χ1v) is 8.05. The molecule has 0 radical (unpaired) electrons. The summed E-state index contributed by atoms with van der Waals surface area (Å²) in [6.07, 6.45) is 3.56. The fourth-order valence-electron chi connectivity index (χ4n) is 2.60. The van der Waals surface area contributed by atoms with Crippen LogP contribution in [0, 0.1) is 0 Å². The zero-order valence-electron chi connectivity index (χ0n) is 14.6. The minimum Gasteiger partial charge on any atom is -0.496 e. The zero-order valence-corrected chi connectivity index (χ0v) is 14.6. The smallest absolute Gasteiger partial charge is 0.319 e. The van der Waals surface area contributed by atoms with Gasteiger partial charge < -0.3 is 20.1 Å². The molecular formula is C19H20N4O3. The number of benzene rings is 2. The van der Waals surface area contributed by atoms with E-state index in [9.17, 15) is 4.79 Å². The molecule has 1 heterocycles. The number of carbonyl (C=O) groups is 1. The summed E-state index contributed by atoms with van der Waals surface area (Å²) in [5, 5.41) is 12.3. The Morgan fingerprint density at radius 1 is 1.04 bits per heavy atom. The summed E-state index contributed by atoms with van der Waals surface area (Å²) in [7, 11) is 3.17. The molecule has 2 aromatic carbocycles. The summed E-state index contributed by atoms with van der Waals surface area (Å²) in [4.78, 5) is 12.2. The van der Waals surface area contributed by atoms with Crippen LogP contribution in [0.5, 0.6) is 11.5 Å². The Balaban J connectivity index is 1.61. The van der Waals surface area contributed by atoms with Gasteiger partial charge in [0, 0.05) is 17.4 Å². The topological polar surface area (TPSA) is 88.3 Å². The second-order valence-corrected chi connectivity index (χ2v) is 5.51. The van der Waals surface area contributed by atoms with Crippen molar-refractivity contribution in [2.45, 2.75) is 6.54 Å². The number of urea groups is 1. The quantitative estimate of drug-likeness (QED) is 0.634. The summed E-state index contributed by atoms with van der Waals surface area (Å²) >= 11 is 0. The first kappa shape index (κ1) is 17.3. The van der Waals surface area contributed by atoms with Gasteiger partial charge in [-0.1, -0.05) is 18.2 Å². The molecule has 3 rings (SSSR count). The lowest BCUT2D eigenvalue weighted by molar-refractivity contribution is 0.251. The van der Waals surface area contributed by atoms with E-state index in [2.05, 4.69) is 20.8 Å². The van der Waals surface area contributed by atoms with E-state index in [0.717, 1.165) is 16.7 Å². The molecule has 0 aliphatic carbocycles. The third-order valence-electron chi connectivity index (χ3n) is 3.93. The van der Waals surface area contributed by atoms with Crippen molar-refractivity contribution < 1.29 is 14.3 Å². The average Bonchev–Trinajstić information content (AvgIpc) is 3.21. The van der Waals surface area contributed by atoms with Gasteiger partial charge in [0.25, 0.3) is 0 Å². The predicted octanol–water partition coefficient (Wildman–Crippen LogP) is 3.42. The third-order valence-corrected chi connectivity index (χ3v) is 3.93. The fraction of sp³-hybridized carbons (Fsp3) is 0.158. The molecule has 0 spiro atoms. The predicted molar refractivity (Wildman–Crippen MR) is 99.4 cm³/mol. The Labute approximate surface area is 151 Å². The van der Waals surface area contributed by atoms with Crippen molar-refractivity contribution in [2.75, 3.05) is 19.5 Å². The molecule has 0 aliphatic heterocycles. The van der Waals surface area contributed by atoms with Gasteiger partial charge in [0.1, 0.15) is 11.5 Å². The lowest BCUT2D eigenvalue weighted by Gasteiger charge is -2.14. The van der Waals surface area contributed by atoms with Crippen LogP contribution >= 0.6 is 0 Å². The summed E-state index contributed by atoms with van der Waals surface area (Å²) in [5.41, 5.74) is 3.48. The van der Waals surface area contributed by atoms with Crippen molar-refractivity contribution in [3.8, 4) is 22.6 Å². The van der Waals surface area contributed by atoms with Crippen molar-refractivity contribution >= 4 is 11.7 Å². The number of ether oxygens (including phenoxy) is 2. The van der Waals surface area contributed by atoms with E-state index in [1.165, 1.54) is 0 Å². The van der Waals surface area contributed by atoms with Crippen molar-refractivity contribution in [1.29, 1.82) is 0 Å². The lowest BCUT2D eigenvalue weighted by Crippen LogP contribution is -2.28. The number of H-pyrrole nitrogens is 1. The fourth-order valence-corrected chi connectivity index (χ4v) is 2.60. The van der Waals surface area contributed by atoms with Crippen LogP contribution in [0.1, 0.15) is 5.56 Å². The number of anilines is 1. The van der Waals surface area contributed by atoms with E-state index in [1.54, 1.807) is 20.4 Å². The Bertz CT molecular complexity index is 839. The highest BCUT2D eigenvalue weighted by Crippen LogP contribution is 2.28. The first-order chi connectivity index (χ1) is 12.7. The van der Waals surface area contributed by atoms with Crippen LogP contribution in [0.2, 0.25) is 0 Å². The highest BCUT2D eigenvalue weighted by atomic mass is 16.5. The van der Waals surface area contributed by atoms with E-state index in [-0.39, 0.29) is 12.6 Å². The van der Waals surface area contributed by atoms with Crippen LogP contribution in [0.15, 0.2) is 54.9 Å². The average molecular weight is 352 g/mol. The van der Waals surface area contributed by atoms with Crippen LogP contribution < -0.4 is 20.1 Å². The molecule has 0 unspecified atom stereocenters. The molecule has 2 amide bonds. The first-order valence-electron chi connectivity index (χ1n) is 8.05. The van der Waals surface area contributed by atoms with Gasteiger partial charge >= 0.3 is 6.03 Å². The molecule has 0 saturated carbocycles. The summed E-state index contributed by atoms with van der Waals surface area (Å²) in [5.74, 6) is 1.32. The SMILES string of the molecule is COc1cccc(OC)c1CNC(=O)Nc1ccc(-c2cn[nH]c2)cc1. The standard InChI is InChI=1S/C19H20N4O3/c1-25-17-4-3-5-18(26-2)16(17)12-20-19(24)23-15-8-6-13(7-9-15)14-10-21-22-11-14/h3-11H,12H2,1-2H3,(H,21,22)(H2,20,23,24). The Hall–Kier alpha value is -3.48. The number of hydrogen-bond acceptors (Lipinski definition) is 4. The van der Waals surface area contributed by atoms with E-state index in [4.69, 9.17) is 9.47 Å². The molecule has 0 saturated heterocycles. The summed E-state index contributed by atoms with van der Waals surface area (Å²) in [6, 6.07) is 12.7. The number of nitrogens with one attached hydrogen (secondary N) is 3. The van der Waals surface area contributed by atoms with Gasteiger partial charge in [-0.05, 0) is 29.8 Å². The molecule has 3 aromatic rings. The second-order valence-electron chi connectivity index (χ2n) is 5.51. The van der Waals surface area contributed by atoms with Gasteiger partial charge in [-0.25, -0.2) is 4.79 Å². The molecule has 3 N–H and O–H groups in total. The summed E-state index contributed by atoms with van der Waals surface area (Å²) in [6.45, 7) is 0.284. The molecule has 0 bridgehead atoms. The molecule has 0 aliphatic rings. The number of aromatic amines is 1. The Kier molecular flexibility index (Phi) is 5.38. The van der Waals surface area contributed by atoms with Gasteiger partial charge in [-0.3, -0.25) is 5.10 Å². The van der Waals surface area contributed by atoms with Gasteiger partial charge in [-0.15, -0.1) is 0 Å². The molecular weight excluding hydrogens is 332 g/mol. The minimum absolute atomic E-state index is 0.284. The largest absolute Gasteiger partial charge is 0.496 e. The van der Waals surface area contributed by atoms with Crippen molar-refractivity contribution in [3.63, 3.8) is 0 Å². The van der Waals surface area contributed by atoms with E-state index >= 15 is 0 Å². The highest BCUT2D eigenvalue weighted by Gasteiger charge is 2.11. The number of methoxy groups -OCH3 is 2. The number of nitrogens with zero attached hydrogens (tertiary/aromatic N) is 1. The normalized spacial score (nSPS) is 10.2. The molecule has 26 heavy (non-hydrogen) atoms. The molecule has 7 heteroatoms. The van der Waals surface area contributed by atoms with Gasteiger partial charge in [-0.2, -0.15) is 5.10 Å². The van der Waals surface area contributed by atoms with Gasteiger partial charge in [0.2, 0.25) is 0 Å². The van der Waals surface area contributed by atoms with E-state index in [0.29, 0.717) is 17.2 Å². The number of amides is 2. The van der Waals surface area contributed by atoms with Crippen LogP contribution in [-0.4, -0.2) is 30.4 Å². The Morgan fingerprint density at radius 2 is 1.73 bits per heavy atom. The number of rotatable bonds is 6. The molecule has 134 valence electrons. The molecule has 1 aromatic heterocycles. The molecule has 7 nitrogen and oxygen atoms in total. The zero-order chi connectivity index (χ0) is 18.4.